The Morgan fingerprint density at radius 2 is 1.76 bits per heavy atom. The smallest absolute Gasteiger partial charge is 0.406 e. The van der Waals surface area contributed by atoms with Crippen molar-refractivity contribution >= 4 is 21.4 Å². The molecule has 1 amide bonds. The molecule has 2 aromatic carbocycles. The SMILES string of the molecule is N#CC1(NC(=O)C2CC(S(=O)(=O)c3ccccc3C(F)(F)F)CN2c2cccc(OC(F)(F)F)c2)CC1. The molecule has 1 heterocycles. The molecule has 0 aromatic heterocycles. The van der Waals surface area contributed by atoms with E-state index in [9.17, 15) is 44.8 Å². The first-order valence-electron chi connectivity index (χ1n) is 10.9. The third-order valence-corrected chi connectivity index (χ3v) is 8.40. The van der Waals surface area contributed by atoms with Gasteiger partial charge >= 0.3 is 12.5 Å². The zero-order valence-electron chi connectivity index (χ0n) is 18.8. The molecule has 0 bridgehead atoms. The van der Waals surface area contributed by atoms with Crippen LogP contribution in [-0.2, 0) is 20.8 Å². The zero-order valence-corrected chi connectivity index (χ0v) is 19.6. The molecule has 1 aliphatic carbocycles. The molecule has 0 spiro atoms. The van der Waals surface area contributed by atoms with Gasteiger partial charge in [-0.1, -0.05) is 18.2 Å². The van der Waals surface area contributed by atoms with Crippen LogP contribution in [0.4, 0.5) is 32.0 Å². The Hall–Kier alpha value is -3.47. The Labute approximate surface area is 207 Å². The summed E-state index contributed by atoms with van der Waals surface area (Å²) >= 11 is 0. The first-order valence-corrected chi connectivity index (χ1v) is 12.5. The molecule has 1 N–H and O–H groups in total. The van der Waals surface area contributed by atoms with Gasteiger partial charge in [0.25, 0.3) is 0 Å². The van der Waals surface area contributed by atoms with Crippen LogP contribution in [0, 0.1) is 11.3 Å². The number of alkyl halides is 6. The van der Waals surface area contributed by atoms with Gasteiger partial charge in [0.1, 0.15) is 17.3 Å². The highest BCUT2D eigenvalue weighted by Crippen LogP contribution is 2.40. The standard InChI is InChI=1S/C23H19F6N3O4S/c24-22(25,26)17-6-1-2-7-19(17)37(34,35)16-11-18(20(33)31-21(13-30)8-9-21)32(12-16)14-4-3-5-15(10-14)36-23(27,28)29/h1-7,10,16,18H,8-9,11-12H2,(H,31,33). The molecule has 2 fully saturated rings. The fourth-order valence-corrected chi connectivity index (χ4v) is 6.16. The molecule has 0 radical (unpaired) electrons. The van der Waals surface area contributed by atoms with Gasteiger partial charge in [0, 0.05) is 18.3 Å². The second kappa shape index (κ2) is 9.13. The number of rotatable bonds is 6. The van der Waals surface area contributed by atoms with E-state index in [4.69, 9.17) is 0 Å². The zero-order chi connectivity index (χ0) is 27.2. The molecule has 37 heavy (non-hydrogen) atoms. The minimum atomic E-state index is -5.02. The summed E-state index contributed by atoms with van der Waals surface area (Å²) in [6, 6.07) is 8.77. The first kappa shape index (κ1) is 26.6. The first-order chi connectivity index (χ1) is 17.2. The number of halogens is 6. The average molecular weight is 547 g/mol. The molecule has 1 aliphatic heterocycles. The highest BCUT2D eigenvalue weighted by Gasteiger charge is 2.50. The van der Waals surface area contributed by atoms with Gasteiger partial charge in [0.2, 0.25) is 5.91 Å². The predicted octanol–water partition coefficient (Wildman–Crippen LogP) is 4.20. The molecule has 2 aliphatic rings. The predicted molar refractivity (Wildman–Crippen MR) is 117 cm³/mol. The number of hydrogen-bond donors (Lipinski definition) is 1. The van der Waals surface area contributed by atoms with E-state index in [0.717, 1.165) is 30.3 Å². The maximum atomic E-state index is 13.5. The van der Waals surface area contributed by atoms with Crippen molar-refractivity contribution in [2.24, 2.45) is 0 Å². The van der Waals surface area contributed by atoms with Crippen LogP contribution in [0.15, 0.2) is 53.4 Å². The molecule has 2 atom stereocenters. The summed E-state index contributed by atoms with van der Waals surface area (Å²) in [6.45, 7) is -0.484. The van der Waals surface area contributed by atoms with Crippen LogP contribution < -0.4 is 15.0 Å². The monoisotopic (exact) mass is 547 g/mol. The second-order valence-electron chi connectivity index (χ2n) is 8.79. The number of carbonyl (C=O) groups excluding carboxylic acids is 1. The minimum absolute atomic E-state index is 0.00879. The van der Waals surface area contributed by atoms with Crippen LogP contribution >= 0.6 is 0 Å². The quantitative estimate of drug-likeness (QED) is 0.545. The molecule has 7 nitrogen and oxygen atoms in total. The van der Waals surface area contributed by atoms with Crippen LogP contribution in [0.1, 0.15) is 24.8 Å². The van der Waals surface area contributed by atoms with Crippen molar-refractivity contribution in [3.8, 4) is 11.8 Å². The van der Waals surface area contributed by atoms with Crippen molar-refractivity contribution in [2.45, 2.75) is 53.5 Å². The minimum Gasteiger partial charge on any atom is -0.406 e. The van der Waals surface area contributed by atoms with E-state index in [0.29, 0.717) is 18.9 Å². The maximum Gasteiger partial charge on any atom is 0.573 e. The number of anilines is 1. The molecule has 4 rings (SSSR count). The highest BCUT2D eigenvalue weighted by atomic mass is 32.2. The van der Waals surface area contributed by atoms with E-state index in [1.807, 2.05) is 6.07 Å². The fourth-order valence-electron chi connectivity index (χ4n) is 4.25. The molecule has 198 valence electrons. The van der Waals surface area contributed by atoms with Crippen LogP contribution in [0.25, 0.3) is 0 Å². The van der Waals surface area contributed by atoms with Crippen molar-refractivity contribution in [3.05, 3.63) is 54.1 Å². The van der Waals surface area contributed by atoms with Gasteiger partial charge in [-0.05, 0) is 43.5 Å². The molecular formula is C23H19F6N3O4S. The summed E-state index contributed by atoms with van der Waals surface area (Å²) in [4.78, 5) is 13.3. The molecule has 2 aromatic rings. The Morgan fingerprint density at radius 3 is 2.35 bits per heavy atom. The number of nitrogens with zero attached hydrogens (tertiary/aromatic N) is 2. The van der Waals surface area contributed by atoms with E-state index < -0.39 is 74.3 Å². The lowest BCUT2D eigenvalue weighted by atomic mass is 10.1. The van der Waals surface area contributed by atoms with Gasteiger partial charge in [-0.3, -0.25) is 4.79 Å². The Balaban J connectivity index is 1.71. The van der Waals surface area contributed by atoms with Crippen LogP contribution in [0.3, 0.4) is 0 Å². The number of hydrogen-bond acceptors (Lipinski definition) is 6. The molecule has 2 unspecified atom stereocenters. The van der Waals surface area contributed by atoms with E-state index in [-0.39, 0.29) is 5.69 Å². The third kappa shape index (κ3) is 5.61. The van der Waals surface area contributed by atoms with Crippen LogP contribution in [0.5, 0.6) is 5.75 Å². The van der Waals surface area contributed by atoms with Gasteiger partial charge in [-0.25, -0.2) is 8.42 Å². The van der Waals surface area contributed by atoms with E-state index in [1.54, 1.807) is 0 Å². The maximum absolute atomic E-state index is 13.5. The number of nitrogens with one attached hydrogen (secondary N) is 1. The Kier molecular flexibility index (Phi) is 6.56. The summed E-state index contributed by atoms with van der Waals surface area (Å²) in [7, 11) is -4.65. The summed E-state index contributed by atoms with van der Waals surface area (Å²) in [5, 5.41) is 10.3. The molecular weight excluding hydrogens is 528 g/mol. The summed E-state index contributed by atoms with van der Waals surface area (Å²) in [6.07, 6.45) is -9.72. The molecule has 1 saturated carbocycles. The highest BCUT2D eigenvalue weighted by molar-refractivity contribution is 7.92. The summed E-state index contributed by atoms with van der Waals surface area (Å²) in [5.41, 5.74) is -2.51. The largest absolute Gasteiger partial charge is 0.573 e. The van der Waals surface area contributed by atoms with Gasteiger partial charge in [0.15, 0.2) is 9.84 Å². The number of amides is 1. The van der Waals surface area contributed by atoms with Crippen molar-refractivity contribution in [1.29, 1.82) is 5.26 Å². The summed E-state index contributed by atoms with van der Waals surface area (Å²) < 4.78 is 109. The van der Waals surface area contributed by atoms with E-state index in [1.165, 1.54) is 17.0 Å². The molecule has 1 saturated heterocycles. The van der Waals surface area contributed by atoms with Crippen LogP contribution in [-0.4, -0.2) is 44.1 Å². The Bertz CT molecular complexity index is 1350. The van der Waals surface area contributed by atoms with Crippen molar-refractivity contribution in [3.63, 3.8) is 0 Å². The normalized spacial score (nSPS) is 21.3. The number of carbonyl (C=O) groups is 1. The fraction of sp³-hybridized carbons (Fsp3) is 0.391. The van der Waals surface area contributed by atoms with E-state index >= 15 is 0 Å². The topological polar surface area (TPSA) is 99.5 Å². The lowest BCUT2D eigenvalue weighted by molar-refractivity contribution is -0.274. The van der Waals surface area contributed by atoms with Gasteiger partial charge in [-0.15, -0.1) is 13.2 Å². The second-order valence-corrected chi connectivity index (χ2v) is 11.0. The Morgan fingerprint density at radius 1 is 1.08 bits per heavy atom. The number of ether oxygens (including phenoxy) is 1. The number of benzene rings is 2. The average Bonchev–Trinajstić information content (AvgIpc) is 3.42. The van der Waals surface area contributed by atoms with Crippen LogP contribution in [0.2, 0.25) is 0 Å². The van der Waals surface area contributed by atoms with Gasteiger partial charge in [0.05, 0.1) is 21.8 Å². The third-order valence-electron chi connectivity index (χ3n) is 6.21. The van der Waals surface area contributed by atoms with Gasteiger partial charge < -0.3 is 15.0 Å². The van der Waals surface area contributed by atoms with E-state index in [2.05, 4.69) is 10.1 Å². The van der Waals surface area contributed by atoms with Crippen molar-refractivity contribution < 1.29 is 44.3 Å². The van der Waals surface area contributed by atoms with Gasteiger partial charge in [-0.2, -0.15) is 18.4 Å². The lowest BCUT2D eigenvalue weighted by Crippen LogP contribution is -2.47. The van der Waals surface area contributed by atoms with Crippen molar-refractivity contribution in [2.75, 3.05) is 11.4 Å². The molecule has 14 heteroatoms. The lowest BCUT2D eigenvalue weighted by Gasteiger charge is -2.27. The summed E-state index contributed by atoms with van der Waals surface area (Å²) in [5.74, 6) is -1.39. The number of nitriles is 1. The number of sulfone groups is 1. The van der Waals surface area contributed by atoms with Crippen molar-refractivity contribution in [1.82, 2.24) is 5.32 Å².